The van der Waals surface area contributed by atoms with Gasteiger partial charge in [0.1, 0.15) is 11.7 Å². The maximum Gasteiger partial charge on any atom is 0.315 e. The van der Waals surface area contributed by atoms with Crippen molar-refractivity contribution in [2.75, 3.05) is 6.61 Å². The molecule has 0 fully saturated rings. The summed E-state index contributed by atoms with van der Waals surface area (Å²) in [5.74, 6) is -1.12. The van der Waals surface area contributed by atoms with Crippen molar-refractivity contribution in [3.8, 4) is 0 Å². The quantitative estimate of drug-likeness (QED) is 0.767. The Morgan fingerprint density at radius 2 is 2.00 bits per heavy atom. The largest absolute Gasteiger partial charge is 0.465 e. The van der Waals surface area contributed by atoms with E-state index >= 15 is 0 Å². The average Bonchev–Trinajstić information content (AvgIpc) is 2.48. The molecule has 0 aliphatic rings. The highest BCUT2D eigenvalue weighted by atomic mass is 79.9. The number of hydrogen-bond donors (Lipinski definition) is 0. The van der Waals surface area contributed by atoms with E-state index in [0.29, 0.717) is 18.7 Å². The van der Waals surface area contributed by atoms with E-state index in [1.807, 2.05) is 6.07 Å². The molecule has 0 saturated carbocycles. The normalized spacial score (nSPS) is 12.0. The summed E-state index contributed by atoms with van der Waals surface area (Å²) in [6.07, 6.45) is 2.07. The van der Waals surface area contributed by atoms with Gasteiger partial charge in [-0.05, 0) is 59.1 Å². The van der Waals surface area contributed by atoms with Gasteiger partial charge in [-0.25, -0.2) is 4.39 Å². The van der Waals surface area contributed by atoms with E-state index in [1.165, 1.54) is 12.1 Å². The first-order valence-electron chi connectivity index (χ1n) is 6.62. The summed E-state index contributed by atoms with van der Waals surface area (Å²) in [5.41, 5.74) is 1.50. The molecule has 110 valence electrons. The fraction of sp³-hybridized carbons (Fsp3) is 0.250. The minimum atomic E-state index is -0.497. The highest BCUT2D eigenvalue weighted by molar-refractivity contribution is 9.10. The SMILES string of the molecule is CCOC(=O)[C@@H](Cc1ccc(F)cc1)c1ccc(Br)cn1. The van der Waals surface area contributed by atoms with E-state index < -0.39 is 5.92 Å². The van der Waals surface area contributed by atoms with E-state index in [1.54, 1.807) is 31.3 Å². The number of esters is 1. The molecular formula is C16H15BrFNO2. The van der Waals surface area contributed by atoms with E-state index in [4.69, 9.17) is 4.74 Å². The number of halogens is 2. The molecular weight excluding hydrogens is 337 g/mol. The third-order valence-electron chi connectivity index (χ3n) is 3.03. The van der Waals surface area contributed by atoms with Gasteiger partial charge in [0.2, 0.25) is 0 Å². The predicted octanol–water partition coefficient (Wildman–Crippen LogP) is 3.87. The second kappa shape index (κ2) is 7.31. The first-order chi connectivity index (χ1) is 10.1. The van der Waals surface area contributed by atoms with Crippen LogP contribution in [0.3, 0.4) is 0 Å². The molecule has 0 N–H and O–H groups in total. The molecule has 21 heavy (non-hydrogen) atoms. The Labute approximate surface area is 131 Å². The maximum atomic E-state index is 13.0. The lowest BCUT2D eigenvalue weighted by Gasteiger charge is -2.15. The van der Waals surface area contributed by atoms with Crippen LogP contribution in [0.2, 0.25) is 0 Å². The number of carbonyl (C=O) groups is 1. The summed E-state index contributed by atoms with van der Waals surface area (Å²) in [7, 11) is 0. The van der Waals surface area contributed by atoms with Gasteiger partial charge >= 0.3 is 5.97 Å². The molecule has 1 atom stereocenters. The van der Waals surface area contributed by atoms with Crippen LogP contribution in [-0.4, -0.2) is 17.6 Å². The zero-order valence-corrected chi connectivity index (χ0v) is 13.1. The number of pyridine rings is 1. The number of ether oxygens (including phenoxy) is 1. The molecule has 3 nitrogen and oxygen atoms in total. The van der Waals surface area contributed by atoms with Crippen LogP contribution in [-0.2, 0) is 16.0 Å². The van der Waals surface area contributed by atoms with Crippen LogP contribution < -0.4 is 0 Å². The molecule has 0 spiro atoms. The molecule has 0 bridgehead atoms. The number of rotatable bonds is 5. The summed E-state index contributed by atoms with van der Waals surface area (Å²) in [5, 5.41) is 0. The molecule has 0 aliphatic carbocycles. The van der Waals surface area contributed by atoms with Gasteiger partial charge in [0, 0.05) is 10.7 Å². The van der Waals surface area contributed by atoms with Crippen LogP contribution >= 0.6 is 15.9 Å². The van der Waals surface area contributed by atoms with Gasteiger partial charge in [-0.2, -0.15) is 0 Å². The van der Waals surface area contributed by atoms with Gasteiger partial charge in [0.15, 0.2) is 0 Å². The summed E-state index contributed by atoms with van der Waals surface area (Å²) in [6, 6.07) is 9.72. The first kappa shape index (κ1) is 15.6. The van der Waals surface area contributed by atoms with Crippen molar-refractivity contribution in [3.05, 3.63) is 64.1 Å². The molecule has 2 rings (SSSR count). The second-order valence-electron chi connectivity index (χ2n) is 4.54. The maximum absolute atomic E-state index is 13.0. The van der Waals surface area contributed by atoms with E-state index in [2.05, 4.69) is 20.9 Å². The predicted molar refractivity (Wildman–Crippen MR) is 81.4 cm³/mol. The molecule has 0 unspecified atom stereocenters. The highest BCUT2D eigenvalue weighted by Gasteiger charge is 2.23. The van der Waals surface area contributed by atoms with Crippen molar-refractivity contribution < 1.29 is 13.9 Å². The lowest BCUT2D eigenvalue weighted by Crippen LogP contribution is -2.19. The molecule has 0 aliphatic heterocycles. The molecule has 0 amide bonds. The molecule has 0 saturated heterocycles. The third-order valence-corrected chi connectivity index (χ3v) is 3.50. The van der Waals surface area contributed by atoms with Crippen molar-refractivity contribution >= 4 is 21.9 Å². The zero-order valence-electron chi connectivity index (χ0n) is 11.6. The Bertz CT molecular complexity index is 599. The van der Waals surface area contributed by atoms with Crippen LogP contribution in [0.15, 0.2) is 47.1 Å². The molecule has 5 heteroatoms. The van der Waals surface area contributed by atoms with Gasteiger partial charge in [-0.3, -0.25) is 9.78 Å². The Morgan fingerprint density at radius 1 is 1.29 bits per heavy atom. The minimum absolute atomic E-state index is 0.298. The average molecular weight is 352 g/mol. The van der Waals surface area contributed by atoms with Gasteiger partial charge in [0.25, 0.3) is 0 Å². The highest BCUT2D eigenvalue weighted by Crippen LogP contribution is 2.22. The van der Waals surface area contributed by atoms with E-state index in [-0.39, 0.29) is 11.8 Å². The van der Waals surface area contributed by atoms with Gasteiger partial charge in [-0.15, -0.1) is 0 Å². The third kappa shape index (κ3) is 4.36. The Morgan fingerprint density at radius 3 is 2.57 bits per heavy atom. The van der Waals surface area contributed by atoms with Crippen LogP contribution in [0, 0.1) is 5.82 Å². The zero-order chi connectivity index (χ0) is 15.2. The van der Waals surface area contributed by atoms with E-state index in [9.17, 15) is 9.18 Å². The molecule has 1 aromatic heterocycles. The standard InChI is InChI=1S/C16H15BrFNO2/c1-2-21-16(20)14(15-8-5-12(17)10-19-15)9-11-3-6-13(18)7-4-11/h3-8,10,14H,2,9H2,1H3/t14-/m0/s1. The first-order valence-corrected chi connectivity index (χ1v) is 7.42. The monoisotopic (exact) mass is 351 g/mol. The summed E-state index contributed by atoms with van der Waals surface area (Å²) >= 11 is 3.32. The Hall–Kier alpha value is -1.75. The molecule has 2 aromatic rings. The smallest absolute Gasteiger partial charge is 0.315 e. The number of carbonyl (C=O) groups excluding carboxylic acids is 1. The van der Waals surface area contributed by atoms with Gasteiger partial charge in [-0.1, -0.05) is 12.1 Å². The van der Waals surface area contributed by atoms with E-state index in [0.717, 1.165) is 10.0 Å². The van der Waals surface area contributed by atoms with Crippen LogP contribution in [0.25, 0.3) is 0 Å². The minimum Gasteiger partial charge on any atom is -0.465 e. The molecule has 1 aromatic carbocycles. The van der Waals surface area contributed by atoms with Crippen molar-refractivity contribution in [1.82, 2.24) is 4.98 Å². The van der Waals surface area contributed by atoms with Crippen LogP contribution in [0.4, 0.5) is 4.39 Å². The lowest BCUT2D eigenvalue weighted by atomic mass is 9.95. The number of nitrogens with zero attached hydrogens (tertiary/aromatic N) is 1. The fourth-order valence-electron chi connectivity index (χ4n) is 2.00. The second-order valence-corrected chi connectivity index (χ2v) is 5.45. The van der Waals surface area contributed by atoms with Crippen LogP contribution in [0.5, 0.6) is 0 Å². The number of benzene rings is 1. The van der Waals surface area contributed by atoms with Gasteiger partial charge in [0.05, 0.1) is 12.3 Å². The van der Waals surface area contributed by atoms with Crippen molar-refractivity contribution in [1.29, 1.82) is 0 Å². The fourth-order valence-corrected chi connectivity index (χ4v) is 2.24. The molecule has 0 radical (unpaired) electrons. The van der Waals surface area contributed by atoms with Crippen molar-refractivity contribution in [3.63, 3.8) is 0 Å². The number of aromatic nitrogens is 1. The van der Waals surface area contributed by atoms with Gasteiger partial charge < -0.3 is 4.74 Å². The summed E-state index contributed by atoms with van der Waals surface area (Å²) in [6.45, 7) is 2.08. The molecule has 1 heterocycles. The van der Waals surface area contributed by atoms with Crippen LogP contribution in [0.1, 0.15) is 24.1 Å². The Balaban J connectivity index is 2.25. The Kier molecular flexibility index (Phi) is 5.44. The summed E-state index contributed by atoms with van der Waals surface area (Å²) < 4.78 is 18.9. The topological polar surface area (TPSA) is 39.2 Å². The van der Waals surface area contributed by atoms with Crippen molar-refractivity contribution in [2.45, 2.75) is 19.3 Å². The summed E-state index contributed by atoms with van der Waals surface area (Å²) in [4.78, 5) is 16.4. The van der Waals surface area contributed by atoms with Crippen molar-refractivity contribution in [2.24, 2.45) is 0 Å². The lowest BCUT2D eigenvalue weighted by molar-refractivity contribution is -0.145. The number of hydrogen-bond acceptors (Lipinski definition) is 3.